The number of allylic oxidation sites excluding steroid dienone is 6. The third-order valence-electron chi connectivity index (χ3n) is 9.00. The smallest absolute Gasteiger partial charge is 0.0541 e. The molecule has 0 amide bonds. The van der Waals surface area contributed by atoms with Crippen molar-refractivity contribution in [3.05, 3.63) is 181 Å². The highest BCUT2D eigenvalue weighted by atomic mass is 15.0. The van der Waals surface area contributed by atoms with Gasteiger partial charge in [-0.05, 0) is 90.7 Å². The van der Waals surface area contributed by atoms with E-state index in [1.807, 2.05) is 0 Å². The molecule has 0 bridgehead atoms. The average Bonchev–Trinajstić information content (AvgIpc) is 3.63. The molecule has 0 spiro atoms. The van der Waals surface area contributed by atoms with Gasteiger partial charge in [0.2, 0.25) is 0 Å². The summed E-state index contributed by atoms with van der Waals surface area (Å²) in [5.74, 6) is 0. The summed E-state index contributed by atoms with van der Waals surface area (Å²) in [7, 11) is 0. The van der Waals surface area contributed by atoms with Crippen molar-refractivity contribution in [2.24, 2.45) is 0 Å². The Morgan fingerprint density at radius 2 is 0.826 bits per heavy atom. The molecule has 46 heavy (non-hydrogen) atoms. The van der Waals surface area contributed by atoms with E-state index in [4.69, 9.17) is 0 Å². The van der Waals surface area contributed by atoms with E-state index in [0.717, 1.165) is 11.4 Å². The molecule has 0 fully saturated rings. The van der Waals surface area contributed by atoms with Gasteiger partial charge >= 0.3 is 0 Å². The van der Waals surface area contributed by atoms with Gasteiger partial charge in [-0.2, -0.15) is 0 Å². The summed E-state index contributed by atoms with van der Waals surface area (Å²) in [6.07, 6.45) is 8.87. The fraction of sp³-hybridized carbons (Fsp3) is 0.0455. The van der Waals surface area contributed by atoms with Crippen LogP contribution in [-0.2, 0) is 0 Å². The molecular formula is C44H34N2. The first kappa shape index (κ1) is 27.7. The summed E-state index contributed by atoms with van der Waals surface area (Å²) < 4.78 is 4.76. The Balaban J connectivity index is 1.24. The van der Waals surface area contributed by atoms with E-state index in [0.29, 0.717) is 0 Å². The molecule has 2 heterocycles. The normalized spacial score (nSPS) is 12.7. The molecule has 2 aromatic heterocycles. The van der Waals surface area contributed by atoms with Crippen LogP contribution in [0.25, 0.3) is 66.1 Å². The van der Waals surface area contributed by atoms with Gasteiger partial charge in [0.25, 0.3) is 0 Å². The predicted molar refractivity (Wildman–Crippen MR) is 198 cm³/mol. The third-order valence-corrected chi connectivity index (χ3v) is 9.00. The molecule has 8 rings (SSSR count). The molecule has 0 N–H and O–H groups in total. The summed E-state index contributed by atoms with van der Waals surface area (Å²) in [6.45, 7) is 4.21. The SMILES string of the molecule is C/C=C/C(=C\C(=C/C)c1cccc(-n2c3ccccc3c3ccccc32)c1)c1cccc(-n2c3ccccc3c3ccccc32)c1. The first-order valence-corrected chi connectivity index (χ1v) is 15.9. The minimum atomic E-state index is 1.15. The molecule has 0 unspecified atom stereocenters. The number of rotatable bonds is 6. The zero-order valence-electron chi connectivity index (χ0n) is 26.1. The van der Waals surface area contributed by atoms with Crippen molar-refractivity contribution in [3.8, 4) is 11.4 Å². The Kier molecular flexibility index (Phi) is 6.96. The standard InChI is InChI=1S/C44H34N2/c1-3-15-32(34-17-14-19-36(30-34)46-43-26-11-7-22-39(43)40-23-8-12-27-44(40)46)28-31(4-2)33-16-13-18-35(29-33)45-41-24-9-5-20-37(41)38-21-6-10-25-42(38)45/h3-30H,1-2H3/b15-3+,31-4+,32-28+. The van der Waals surface area contributed by atoms with Crippen molar-refractivity contribution < 1.29 is 0 Å². The quantitative estimate of drug-likeness (QED) is 0.171. The van der Waals surface area contributed by atoms with Crippen LogP contribution in [0.4, 0.5) is 0 Å². The van der Waals surface area contributed by atoms with Gasteiger partial charge in [-0.1, -0.05) is 115 Å². The lowest BCUT2D eigenvalue weighted by Gasteiger charge is -2.13. The lowest BCUT2D eigenvalue weighted by atomic mass is 9.97. The van der Waals surface area contributed by atoms with E-state index in [1.54, 1.807) is 0 Å². The second-order valence-electron chi connectivity index (χ2n) is 11.7. The van der Waals surface area contributed by atoms with Gasteiger partial charge < -0.3 is 9.13 Å². The molecule has 2 nitrogen and oxygen atoms in total. The predicted octanol–water partition coefficient (Wildman–Crippen LogP) is 11.9. The molecule has 0 aliphatic carbocycles. The summed E-state index contributed by atoms with van der Waals surface area (Å²) in [6, 6.07) is 52.5. The first-order chi connectivity index (χ1) is 22.7. The van der Waals surface area contributed by atoms with Crippen LogP contribution in [-0.4, -0.2) is 9.13 Å². The van der Waals surface area contributed by atoms with Crippen molar-refractivity contribution in [1.82, 2.24) is 9.13 Å². The molecule has 6 aromatic carbocycles. The second kappa shape index (κ2) is 11.6. The van der Waals surface area contributed by atoms with Crippen molar-refractivity contribution in [3.63, 3.8) is 0 Å². The number of benzene rings is 6. The molecule has 2 heteroatoms. The zero-order valence-corrected chi connectivity index (χ0v) is 26.1. The third kappa shape index (κ3) is 4.58. The van der Waals surface area contributed by atoms with Gasteiger partial charge in [0.05, 0.1) is 22.1 Å². The summed E-state index contributed by atoms with van der Waals surface area (Å²) in [5.41, 5.74) is 11.9. The highest BCUT2D eigenvalue weighted by Crippen LogP contribution is 2.35. The van der Waals surface area contributed by atoms with Crippen molar-refractivity contribution in [1.29, 1.82) is 0 Å². The number of hydrogen-bond acceptors (Lipinski definition) is 0. The van der Waals surface area contributed by atoms with E-state index >= 15 is 0 Å². The molecule has 0 atom stereocenters. The maximum absolute atomic E-state index is 2.38. The van der Waals surface area contributed by atoms with E-state index < -0.39 is 0 Å². The Labute approximate surface area is 269 Å². The van der Waals surface area contributed by atoms with Crippen LogP contribution in [0.5, 0.6) is 0 Å². The molecule has 0 saturated carbocycles. The maximum atomic E-state index is 2.38. The molecule has 220 valence electrons. The van der Waals surface area contributed by atoms with Gasteiger partial charge in [-0.25, -0.2) is 0 Å². The van der Waals surface area contributed by atoms with Crippen LogP contribution in [0.3, 0.4) is 0 Å². The summed E-state index contributed by atoms with van der Waals surface area (Å²) in [4.78, 5) is 0. The van der Waals surface area contributed by atoms with E-state index in [9.17, 15) is 0 Å². The van der Waals surface area contributed by atoms with Gasteiger partial charge in [-0.3, -0.25) is 0 Å². The van der Waals surface area contributed by atoms with Crippen molar-refractivity contribution in [2.45, 2.75) is 13.8 Å². The lowest BCUT2D eigenvalue weighted by molar-refractivity contribution is 1.18. The topological polar surface area (TPSA) is 9.86 Å². The van der Waals surface area contributed by atoms with Gasteiger partial charge in [0, 0.05) is 32.9 Å². The fourth-order valence-corrected chi connectivity index (χ4v) is 6.96. The Bertz CT molecular complexity index is 2390. The van der Waals surface area contributed by atoms with Crippen LogP contribution >= 0.6 is 0 Å². The number of nitrogens with zero attached hydrogens (tertiary/aromatic N) is 2. The monoisotopic (exact) mass is 590 g/mol. The highest BCUT2D eigenvalue weighted by Gasteiger charge is 2.14. The minimum Gasteiger partial charge on any atom is -0.309 e. The minimum absolute atomic E-state index is 1.15. The van der Waals surface area contributed by atoms with Crippen molar-refractivity contribution >= 4 is 54.8 Å². The molecule has 0 radical (unpaired) electrons. The maximum Gasteiger partial charge on any atom is 0.0541 e. The van der Waals surface area contributed by atoms with Crippen molar-refractivity contribution in [2.75, 3.05) is 0 Å². The van der Waals surface area contributed by atoms with Gasteiger partial charge in [-0.15, -0.1) is 0 Å². The van der Waals surface area contributed by atoms with E-state index in [-0.39, 0.29) is 0 Å². The second-order valence-corrected chi connectivity index (χ2v) is 11.7. The summed E-state index contributed by atoms with van der Waals surface area (Å²) >= 11 is 0. The van der Waals surface area contributed by atoms with E-state index in [2.05, 4.69) is 193 Å². The van der Waals surface area contributed by atoms with E-state index in [1.165, 1.54) is 65.9 Å². The molecular weight excluding hydrogens is 556 g/mol. The number of para-hydroxylation sites is 4. The average molecular weight is 591 g/mol. The Hall–Kier alpha value is -5.86. The Morgan fingerprint density at radius 3 is 1.22 bits per heavy atom. The van der Waals surface area contributed by atoms with Crippen LogP contribution in [0, 0.1) is 0 Å². The van der Waals surface area contributed by atoms with Gasteiger partial charge in [0.1, 0.15) is 0 Å². The lowest BCUT2D eigenvalue weighted by Crippen LogP contribution is -1.96. The Morgan fingerprint density at radius 1 is 0.435 bits per heavy atom. The first-order valence-electron chi connectivity index (χ1n) is 15.9. The fourth-order valence-electron chi connectivity index (χ4n) is 6.96. The number of hydrogen-bond donors (Lipinski definition) is 0. The largest absolute Gasteiger partial charge is 0.309 e. The van der Waals surface area contributed by atoms with Gasteiger partial charge in [0.15, 0.2) is 0 Å². The summed E-state index contributed by atoms with van der Waals surface area (Å²) in [5, 5.41) is 5.08. The molecule has 0 aliphatic rings. The highest BCUT2D eigenvalue weighted by molar-refractivity contribution is 6.10. The molecule has 0 saturated heterocycles. The van der Waals surface area contributed by atoms with Crippen LogP contribution in [0.2, 0.25) is 0 Å². The number of aromatic nitrogens is 2. The molecule has 0 aliphatic heterocycles. The zero-order chi connectivity index (χ0) is 31.0. The van der Waals surface area contributed by atoms with Crippen LogP contribution in [0.1, 0.15) is 25.0 Å². The van der Waals surface area contributed by atoms with Crippen LogP contribution in [0.15, 0.2) is 170 Å². The van der Waals surface area contributed by atoms with Crippen LogP contribution < -0.4 is 0 Å². The molecule has 8 aromatic rings. The number of fused-ring (bicyclic) bond motifs is 6.